The molecular weight excluding hydrogens is 308 g/mol. The van der Waals surface area contributed by atoms with E-state index < -0.39 is 5.82 Å². The predicted molar refractivity (Wildman–Crippen MR) is 70.0 cm³/mol. The highest BCUT2D eigenvalue weighted by Crippen LogP contribution is 2.33. The third-order valence-corrected chi connectivity index (χ3v) is 2.89. The summed E-state index contributed by atoms with van der Waals surface area (Å²) in [4.78, 5) is 0. The Hall–Kier alpha value is -1.26. The van der Waals surface area contributed by atoms with Crippen molar-refractivity contribution in [2.45, 2.75) is 0 Å². The number of benzene rings is 2. The van der Waals surface area contributed by atoms with Crippen molar-refractivity contribution in [3.63, 3.8) is 0 Å². The van der Waals surface area contributed by atoms with Crippen LogP contribution in [-0.4, -0.2) is 0 Å². The van der Waals surface area contributed by atoms with Gasteiger partial charge in [-0.2, -0.15) is 0 Å². The van der Waals surface area contributed by atoms with Gasteiger partial charge < -0.3 is 10.5 Å². The van der Waals surface area contributed by atoms with Crippen molar-refractivity contribution in [2.24, 2.45) is 0 Å². The smallest absolute Gasteiger partial charge is 0.184 e. The Balaban J connectivity index is 2.35. The lowest BCUT2D eigenvalue weighted by molar-refractivity contribution is 0.444. The summed E-state index contributed by atoms with van der Waals surface area (Å²) in [6.07, 6.45) is 0. The summed E-state index contributed by atoms with van der Waals surface area (Å²) in [6, 6.07) is 9.64. The van der Waals surface area contributed by atoms with Crippen molar-refractivity contribution < 1.29 is 9.13 Å². The molecule has 0 spiro atoms. The Kier molecular flexibility index (Phi) is 3.54. The fourth-order valence-electron chi connectivity index (χ4n) is 1.29. The second kappa shape index (κ2) is 4.94. The summed E-state index contributed by atoms with van der Waals surface area (Å²) in [6.45, 7) is 0. The van der Waals surface area contributed by atoms with Crippen LogP contribution in [0.25, 0.3) is 0 Å². The molecule has 0 aromatic heterocycles. The van der Waals surface area contributed by atoms with Crippen LogP contribution in [0.3, 0.4) is 0 Å². The van der Waals surface area contributed by atoms with Crippen LogP contribution in [0.15, 0.2) is 40.9 Å². The molecule has 2 nitrogen and oxygen atoms in total. The molecule has 2 N–H and O–H groups in total. The zero-order valence-corrected chi connectivity index (χ0v) is 10.9. The Bertz CT molecular complexity index is 562. The molecule has 0 radical (unpaired) electrons. The molecule has 0 unspecified atom stereocenters. The SMILES string of the molecule is Nc1cc(Br)ccc1Oc1cccc(Cl)c1F. The molecule has 0 amide bonds. The van der Waals surface area contributed by atoms with Gasteiger partial charge in [0.15, 0.2) is 17.3 Å². The Morgan fingerprint density at radius 2 is 1.94 bits per heavy atom. The summed E-state index contributed by atoms with van der Waals surface area (Å²) in [5.74, 6) is -0.169. The quantitative estimate of drug-likeness (QED) is 0.821. The summed E-state index contributed by atoms with van der Waals surface area (Å²) in [7, 11) is 0. The molecule has 2 rings (SSSR count). The Morgan fingerprint density at radius 1 is 1.18 bits per heavy atom. The van der Waals surface area contributed by atoms with Crippen molar-refractivity contribution in [2.75, 3.05) is 5.73 Å². The van der Waals surface area contributed by atoms with Gasteiger partial charge in [0.25, 0.3) is 0 Å². The summed E-state index contributed by atoms with van der Waals surface area (Å²) in [5.41, 5.74) is 6.16. The van der Waals surface area contributed by atoms with Gasteiger partial charge in [-0.3, -0.25) is 0 Å². The third kappa shape index (κ3) is 2.70. The van der Waals surface area contributed by atoms with Crippen molar-refractivity contribution in [1.29, 1.82) is 0 Å². The third-order valence-electron chi connectivity index (χ3n) is 2.11. The fourth-order valence-corrected chi connectivity index (χ4v) is 1.84. The average molecular weight is 317 g/mol. The summed E-state index contributed by atoms with van der Waals surface area (Å²) < 4.78 is 19.8. The average Bonchev–Trinajstić information content (AvgIpc) is 2.28. The molecule has 17 heavy (non-hydrogen) atoms. The number of hydrogen-bond donors (Lipinski definition) is 1. The van der Waals surface area contributed by atoms with Crippen LogP contribution in [0.5, 0.6) is 11.5 Å². The monoisotopic (exact) mass is 315 g/mol. The van der Waals surface area contributed by atoms with Crippen molar-refractivity contribution in [1.82, 2.24) is 0 Å². The minimum absolute atomic E-state index is 0.0122. The second-order valence-corrected chi connectivity index (χ2v) is 4.66. The van der Waals surface area contributed by atoms with E-state index in [1.54, 1.807) is 24.3 Å². The first-order valence-corrected chi connectivity index (χ1v) is 5.92. The highest BCUT2D eigenvalue weighted by Gasteiger charge is 2.10. The molecule has 88 valence electrons. The molecule has 0 aliphatic carbocycles. The molecule has 0 saturated heterocycles. The maximum absolute atomic E-state index is 13.6. The zero-order chi connectivity index (χ0) is 12.4. The van der Waals surface area contributed by atoms with Crippen LogP contribution >= 0.6 is 27.5 Å². The van der Waals surface area contributed by atoms with Crippen LogP contribution in [-0.2, 0) is 0 Å². The van der Waals surface area contributed by atoms with Gasteiger partial charge in [0.1, 0.15) is 0 Å². The molecule has 0 aliphatic heterocycles. The van der Waals surface area contributed by atoms with E-state index in [1.807, 2.05) is 0 Å². The normalized spacial score (nSPS) is 10.3. The number of ether oxygens (including phenoxy) is 1. The molecule has 5 heteroatoms. The van der Waals surface area contributed by atoms with E-state index in [4.69, 9.17) is 22.1 Å². The highest BCUT2D eigenvalue weighted by molar-refractivity contribution is 9.10. The van der Waals surface area contributed by atoms with Crippen LogP contribution < -0.4 is 10.5 Å². The lowest BCUT2D eigenvalue weighted by atomic mass is 10.3. The molecular formula is C12H8BrClFNO. The minimum Gasteiger partial charge on any atom is -0.452 e. The van der Waals surface area contributed by atoms with Gasteiger partial charge in [0, 0.05) is 4.47 Å². The largest absolute Gasteiger partial charge is 0.452 e. The number of nitrogens with two attached hydrogens (primary N) is 1. The zero-order valence-electron chi connectivity index (χ0n) is 8.58. The van der Waals surface area contributed by atoms with E-state index in [1.165, 1.54) is 12.1 Å². The van der Waals surface area contributed by atoms with E-state index in [2.05, 4.69) is 15.9 Å². The molecule has 0 fully saturated rings. The van der Waals surface area contributed by atoms with Crippen molar-refractivity contribution in [3.8, 4) is 11.5 Å². The summed E-state index contributed by atoms with van der Waals surface area (Å²) >= 11 is 8.93. The van der Waals surface area contributed by atoms with Crippen molar-refractivity contribution >= 4 is 33.2 Å². The van der Waals surface area contributed by atoms with Gasteiger partial charge in [-0.25, -0.2) is 4.39 Å². The molecule has 0 aliphatic rings. The van der Waals surface area contributed by atoms with E-state index >= 15 is 0 Å². The van der Waals surface area contributed by atoms with Gasteiger partial charge in [-0.05, 0) is 30.3 Å². The number of halogens is 3. The Labute approximate surface area is 111 Å². The van der Waals surface area contributed by atoms with Gasteiger partial charge in [0.05, 0.1) is 10.7 Å². The standard InChI is InChI=1S/C12H8BrClFNO/c13-7-4-5-10(9(16)6-7)17-11-3-1-2-8(14)12(11)15/h1-6H,16H2. The first kappa shape index (κ1) is 12.2. The number of hydrogen-bond acceptors (Lipinski definition) is 2. The first-order valence-electron chi connectivity index (χ1n) is 4.75. The van der Waals surface area contributed by atoms with Crippen LogP contribution in [0.1, 0.15) is 0 Å². The predicted octanol–water partition coefficient (Wildman–Crippen LogP) is 4.62. The number of rotatable bonds is 2. The Morgan fingerprint density at radius 3 is 2.65 bits per heavy atom. The molecule has 2 aromatic rings. The molecule has 0 atom stereocenters. The van der Waals surface area contributed by atoms with Crippen LogP contribution in [0, 0.1) is 5.82 Å². The number of nitrogen functional groups attached to an aromatic ring is 1. The molecule has 2 aromatic carbocycles. The summed E-state index contributed by atoms with van der Waals surface area (Å²) in [5, 5.41) is 0.0122. The van der Waals surface area contributed by atoms with E-state index in [-0.39, 0.29) is 10.8 Å². The van der Waals surface area contributed by atoms with E-state index in [9.17, 15) is 4.39 Å². The van der Waals surface area contributed by atoms with Crippen LogP contribution in [0.2, 0.25) is 5.02 Å². The van der Waals surface area contributed by atoms with Gasteiger partial charge in [-0.1, -0.05) is 33.6 Å². The molecule has 0 heterocycles. The maximum Gasteiger partial charge on any atom is 0.184 e. The second-order valence-electron chi connectivity index (χ2n) is 3.34. The van der Waals surface area contributed by atoms with Crippen LogP contribution in [0.4, 0.5) is 10.1 Å². The topological polar surface area (TPSA) is 35.2 Å². The van der Waals surface area contributed by atoms with E-state index in [0.717, 1.165) is 4.47 Å². The fraction of sp³-hybridized carbons (Fsp3) is 0. The lowest BCUT2D eigenvalue weighted by Gasteiger charge is -2.09. The first-order chi connectivity index (χ1) is 8.08. The highest BCUT2D eigenvalue weighted by atomic mass is 79.9. The van der Waals surface area contributed by atoms with E-state index in [0.29, 0.717) is 11.4 Å². The number of anilines is 1. The maximum atomic E-state index is 13.6. The van der Waals surface area contributed by atoms with Gasteiger partial charge >= 0.3 is 0 Å². The lowest BCUT2D eigenvalue weighted by Crippen LogP contribution is -1.94. The van der Waals surface area contributed by atoms with Gasteiger partial charge in [0.2, 0.25) is 0 Å². The molecule has 0 bridgehead atoms. The minimum atomic E-state index is -0.600. The van der Waals surface area contributed by atoms with Gasteiger partial charge in [-0.15, -0.1) is 0 Å². The van der Waals surface area contributed by atoms with Crippen molar-refractivity contribution in [3.05, 3.63) is 51.7 Å². The molecule has 0 saturated carbocycles.